The van der Waals surface area contributed by atoms with Crippen LogP contribution in [-0.4, -0.2) is 25.2 Å². The first-order valence-corrected chi connectivity index (χ1v) is 8.62. The minimum Gasteiger partial charge on any atom is -0.255 e. The summed E-state index contributed by atoms with van der Waals surface area (Å²) in [6.45, 7) is 1.93. The van der Waals surface area contributed by atoms with Gasteiger partial charge in [-0.2, -0.15) is 5.10 Å². The molecule has 0 saturated carbocycles. The maximum Gasteiger partial charge on any atom is 0.113 e. The Labute approximate surface area is 137 Å². The molecular formula is C18H15N3OS. The SMILES string of the molecule is Cc1nn(-c2ccc(S(C)=O)cc2)cc1C#Cc1ccccn1. The van der Waals surface area contributed by atoms with Gasteiger partial charge in [0, 0.05) is 34.3 Å². The molecule has 114 valence electrons. The van der Waals surface area contributed by atoms with Crippen molar-refractivity contribution in [3.63, 3.8) is 0 Å². The Morgan fingerprint density at radius 3 is 2.52 bits per heavy atom. The molecule has 0 N–H and O–H groups in total. The number of rotatable bonds is 2. The van der Waals surface area contributed by atoms with E-state index < -0.39 is 10.8 Å². The number of nitrogens with zero attached hydrogens (tertiary/aromatic N) is 3. The molecule has 2 heterocycles. The predicted octanol–water partition coefficient (Wildman–Crippen LogP) is 2.71. The van der Waals surface area contributed by atoms with Gasteiger partial charge in [-0.1, -0.05) is 12.0 Å². The molecule has 1 unspecified atom stereocenters. The monoisotopic (exact) mass is 321 g/mol. The summed E-state index contributed by atoms with van der Waals surface area (Å²) in [7, 11) is -0.976. The van der Waals surface area contributed by atoms with E-state index in [9.17, 15) is 4.21 Å². The van der Waals surface area contributed by atoms with Crippen LogP contribution in [0.3, 0.4) is 0 Å². The summed E-state index contributed by atoms with van der Waals surface area (Å²) in [4.78, 5) is 4.98. The Balaban J connectivity index is 1.89. The molecule has 0 bridgehead atoms. The number of aryl methyl sites for hydroxylation is 1. The summed E-state index contributed by atoms with van der Waals surface area (Å²) in [5.41, 5.74) is 3.36. The molecule has 0 aliphatic heterocycles. The lowest BCUT2D eigenvalue weighted by Crippen LogP contribution is -1.95. The third kappa shape index (κ3) is 3.55. The summed E-state index contributed by atoms with van der Waals surface area (Å²) in [6.07, 6.45) is 5.28. The van der Waals surface area contributed by atoms with Crippen LogP contribution in [0.5, 0.6) is 0 Å². The van der Waals surface area contributed by atoms with Crippen LogP contribution < -0.4 is 0 Å². The molecule has 0 spiro atoms. The van der Waals surface area contributed by atoms with Crippen molar-refractivity contribution < 1.29 is 4.21 Å². The fraction of sp³-hybridized carbons (Fsp3) is 0.111. The topological polar surface area (TPSA) is 47.8 Å². The average Bonchev–Trinajstić information content (AvgIpc) is 2.95. The van der Waals surface area contributed by atoms with Crippen molar-refractivity contribution in [3.05, 3.63) is 71.8 Å². The van der Waals surface area contributed by atoms with Gasteiger partial charge < -0.3 is 0 Å². The summed E-state index contributed by atoms with van der Waals surface area (Å²) in [6, 6.07) is 13.1. The summed E-state index contributed by atoms with van der Waals surface area (Å²) < 4.78 is 13.2. The Morgan fingerprint density at radius 1 is 1.09 bits per heavy atom. The van der Waals surface area contributed by atoms with Crippen molar-refractivity contribution in [1.29, 1.82) is 0 Å². The fourth-order valence-corrected chi connectivity index (χ4v) is 2.59. The molecule has 2 aromatic heterocycles. The van der Waals surface area contributed by atoms with Crippen molar-refractivity contribution in [3.8, 4) is 17.5 Å². The lowest BCUT2D eigenvalue weighted by atomic mass is 10.2. The molecule has 5 heteroatoms. The largest absolute Gasteiger partial charge is 0.255 e. The van der Waals surface area contributed by atoms with Crippen molar-refractivity contribution in [2.75, 3.05) is 6.26 Å². The van der Waals surface area contributed by atoms with E-state index in [0.29, 0.717) is 0 Å². The van der Waals surface area contributed by atoms with E-state index in [-0.39, 0.29) is 0 Å². The summed E-state index contributed by atoms with van der Waals surface area (Å²) in [5.74, 6) is 6.14. The maximum absolute atomic E-state index is 11.4. The molecule has 3 rings (SSSR count). The Kier molecular flexibility index (Phi) is 4.35. The quantitative estimate of drug-likeness (QED) is 0.682. The van der Waals surface area contributed by atoms with E-state index in [1.54, 1.807) is 17.1 Å². The number of pyridine rings is 1. The van der Waals surface area contributed by atoms with Crippen LogP contribution in [0.4, 0.5) is 0 Å². The van der Waals surface area contributed by atoms with E-state index in [0.717, 1.165) is 27.5 Å². The molecule has 0 aliphatic rings. The summed E-state index contributed by atoms with van der Waals surface area (Å²) >= 11 is 0. The van der Waals surface area contributed by atoms with Crippen LogP contribution in [-0.2, 0) is 10.8 Å². The van der Waals surface area contributed by atoms with Crippen LogP contribution >= 0.6 is 0 Å². The van der Waals surface area contributed by atoms with E-state index in [1.165, 1.54) is 0 Å². The number of hydrogen-bond acceptors (Lipinski definition) is 3. The second kappa shape index (κ2) is 6.59. The van der Waals surface area contributed by atoms with Gasteiger partial charge in [0.2, 0.25) is 0 Å². The fourth-order valence-electron chi connectivity index (χ4n) is 2.07. The second-order valence-electron chi connectivity index (χ2n) is 4.99. The van der Waals surface area contributed by atoms with E-state index in [1.807, 2.05) is 55.6 Å². The van der Waals surface area contributed by atoms with Gasteiger partial charge in [0.25, 0.3) is 0 Å². The molecule has 0 aliphatic carbocycles. The van der Waals surface area contributed by atoms with E-state index in [2.05, 4.69) is 21.9 Å². The molecule has 0 amide bonds. The third-order valence-corrected chi connectivity index (χ3v) is 4.26. The Morgan fingerprint density at radius 2 is 1.87 bits per heavy atom. The highest BCUT2D eigenvalue weighted by atomic mass is 32.2. The molecule has 1 atom stereocenters. The van der Waals surface area contributed by atoms with Crippen LogP contribution in [0.25, 0.3) is 5.69 Å². The highest BCUT2D eigenvalue weighted by Gasteiger charge is 2.05. The maximum atomic E-state index is 11.4. The molecule has 0 saturated heterocycles. The standard InChI is InChI=1S/C18H15N3OS/c1-14-15(6-7-16-5-3-4-12-19-16)13-21(20-14)17-8-10-18(11-9-17)23(2)22/h3-5,8-13H,1-2H3. The second-order valence-corrected chi connectivity index (χ2v) is 6.37. The first kappa shape index (κ1) is 15.2. The van der Waals surface area contributed by atoms with Crippen LogP contribution in [0.1, 0.15) is 17.0 Å². The van der Waals surface area contributed by atoms with Crippen LogP contribution in [0, 0.1) is 18.8 Å². The molecule has 4 nitrogen and oxygen atoms in total. The van der Waals surface area contributed by atoms with Crippen LogP contribution in [0.15, 0.2) is 59.8 Å². The number of benzene rings is 1. The van der Waals surface area contributed by atoms with Gasteiger partial charge in [0.1, 0.15) is 5.69 Å². The molecular weight excluding hydrogens is 306 g/mol. The third-order valence-electron chi connectivity index (χ3n) is 3.32. The van der Waals surface area contributed by atoms with E-state index >= 15 is 0 Å². The number of aromatic nitrogens is 3. The average molecular weight is 321 g/mol. The zero-order valence-electron chi connectivity index (χ0n) is 12.9. The lowest BCUT2D eigenvalue weighted by molar-refractivity contribution is 0.686. The van der Waals surface area contributed by atoms with Crippen molar-refractivity contribution in [1.82, 2.24) is 14.8 Å². The lowest BCUT2D eigenvalue weighted by Gasteiger charge is -2.01. The smallest absolute Gasteiger partial charge is 0.113 e. The molecule has 0 fully saturated rings. The van der Waals surface area contributed by atoms with Gasteiger partial charge >= 0.3 is 0 Å². The van der Waals surface area contributed by atoms with Crippen molar-refractivity contribution in [2.24, 2.45) is 0 Å². The first-order valence-electron chi connectivity index (χ1n) is 7.06. The zero-order valence-corrected chi connectivity index (χ0v) is 13.7. The minimum absolute atomic E-state index is 0.731. The zero-order chi connectivity index (χ0) is 16.2. The molecule has 23 heavy (non-hydrogen) atoms. The van der Waals surface area contributed by atoms with Crippen LogP contribution in [0.2, 0.25) is 0 Å². The summed E-state index contributed by atoms with van der Waals surface area (Å²) in [5, 5.41) is 4.49. The highest BCUT2D eigenvalue weighted by molar-refractivity contribution is 7.84. The minimum atomic E-state index is -0.976. The van der Waals surface area contributed by atoms with Crippen molar-refractivity contribution in [2.45, 2.75) is 11.8 Å². The van der Waals surface area contributed by atoms with Gasteiger partial charge in [-0.15, -0.1) is 0 Å². The molecule has 1 aromatic carbocycles. The van der Waals surface area contributed by atoms with Gasteiger partial charge in [-0.25, -0.2) is 9.67 Å². The highest BCUT2D eigenvalue weighted by Crippen LogP contribution is 2.14. The van der Waals surface area contributed by atoms with E-state index in [4.69, 9.17) is 0 Å². The Bertz CT molecular complexity index is 903. The van der Waals surface area contributed by atoms with Gasteiger partial charge in [0.05, 0.1) is 16.9 Å². The van der Waals surface area contributed by atoms with Gasteiger partial charge in [-0.05, 0) is 49.2 Å². The van der Waals surface area contributed by atoms with Gasteiger partial charge in [-0.3, -0.25) is 4.21 Å². The Hall–Kier alpha value is -2.71. The molecule has 0 radical (unpaired) electrons. The first-order chi connectivity index (χ1) is 11.1. The molecule has 3 aromatic rings. The van der Waals surface area contributed by atoms with Crippen molar-refractivity contribution >= 4 is 10.8 Å². The van der Waals surface area contributed by atoms with Gasteiger partial charge in [0.15, 0.2) is 0 Å². The number of hydrogen-bond donors (Lipinski definition) is 0. The normalized spacial score (nSPS) is 11.6. The predicted molar refractivity (Wildman–Crippen MR) is 90.9 cm³/mol.